The molecular formula is C16H21N3O. The summed E-state index contributed by atoms with van der Waals surface area (Å²) in [5.74, 6) is 2.22. The molecule has 1 saturated carbocycles. The second-order valence-electron chi connectivity index (χ2n) is 5.55. The minimum absolute atomic E-state index is 0.614. The molecule has 0 radical (unpaired) electrons. The molecule has 0 amide bonds. The van der Waals surface area contributed by atoms with Crippen LogP contribution < -0.4 is 0 Å². The fraction of sp³-hybridized carbons (Fsp3) is 0.500. The lowest BCUT2D eigenvalue weighted by Crippen LogP contribution is -2.26. The molecule has 1 aromatic heterocycles. The summed E-state index contributed by atoms with van der Waals surface area (Å²) in [5, 5.41) is 8.34. The van der Waals surface area contributed by atoms with Gasteiger partial charge >= 0.3 is 0 Å². The van der Waals surface area contributed by atoms with Crippen LogP contribution in [-0.2, 0) is 6.54 Å². The molecule has 2 aromatic rings. The Labute approximate surface area is 119 Å². The first kappa shape index (κ1) is 13.3. The van der Waals surface area contributed by atoms with Crippen LogP contribution in [0.5, 0.6) is 0 Å². The highest BCUT2D eigenvalue weighted by atomic mass is 16.4. The molecule has 1 aliphatic carbocycles. The highest BCUT2D eigenvalue weighted by molar-refractivity contribution is 5.51. The standard InChI is InChI=1S/C16H21N3O/c1-2-10-19(11-13-8-9-13)12-15-17-18-16(20-15)14-6-4-3-5-7-14/h3-7,13H,2,8-12H2,1H3. The molecule has 1 fully saturated rings. The molecule has 1 aliphatic rings. The van der Waals surface area contributed by atoms with Crippen molar-refractivity contribution in [2.75, 3.05) is 13.1 Å². The molecule has 0 N–H and O–H groups in total. The van der Waals surface area contributed by atoms with Crippen molar-refractivity contribution in [3.63, 3.8) is 0 Å². The second-order valence-corrected chi connectivity index (χ2v) is 5.55. The van der Waals surface area contributed by atoms with Crippen LogP contribution in [0, 0.1) is 5.92 Å². The smallest absolute Gasteiger partial charge is 0.247 e. The van der Waals surface area contributed by atoms with Crippen molar-refractivity contribution < 1.29 is 4.42 Å². The van der Waals surface area contributed by atoms with E-state index in [4.69, 9.17) is 4.42 Å². The fourth-order valence-electron chi connectivity index (χ4n) is 2.42. The number of benzene rings is 1. The Kier molecular flexibility index (Phi) is 4.11. The van der Waals surface area contributed by atoms with Crippen molar-refractivity contribution in [2.24, 2.45) is 5.92 Å². The van der Waals surface area contributed by atoms with E-state index in [0.29, 0.717) is 5.89 Å². The van der Waals surface area contributed by atoms with Crippen LogP contribution in [0.2, 0.25) is 0 Å². The summed E-state index contributed by atoms with van der Waals surface area (Å²) in [7, 11) is 0. The number of rotatable bonds is 7. The van der Waals surface area contributed by atoms with Crippen LogP contribution in [0.4, 0.5) is 0 Å². The molecule has 0 spiro atoms. The normalized spacial score (nSPS) is 14.9. The Morgan fingerprint density at radius 2 is 2.00 bits per heavy atom. The molecule has 1 heterocycles. The zero-order chi connectivity index (χ0) is 13.8. The maximum absolute atomic E-state index is 5.78. The Bertz CT molecular complexity index is 534. The van der Waals surface area contributed by atoms with Gasteiger partial charge in [-0.3, -0.25) is 4.90 Å². The van der Waals surface area contributed by atoms with Gasteiger partial charge in [0.1, 0.15) is 0 Å². The third kappa shape index (κ3) is 3.45. The number of nitrogens with zero attached hydrogens (tertiary/aromatic N) is 3. The van der Waals surface area contributed by atoms with Crippen molar-refractivity contribution in [1.29, 1.82) is 0 Å². The van der Waals surface area contributed by atoms with E-state index in [2.05, 4.69) is 22.0 Å². The Balaban J connectivity index is 1.66. The molecule has 3 rings (SSSR count). The van der Waals surface area contributed by atoms with Crippen molar-refractivity contribution in [1.82, 2.24) is 15.1 Å². The fourth-order valence-corrected chi connectivity index (χ4v) is 2.42. The summed E-state index contributed by atoms with van der Waals surface area (Å²) in [5.41, 5.74) is 0.982. The van der Waals surface area contributed by atoms with E-state index in [1.807, 2.05) is 30.3 Å². The molecule has 1 aromatic carbocycles. The average molecular weight is 271 g/mol. The van der Waals surface area contributed by atoms with Crippen LogP contribution in [0.15, 0.2) is 34.7 Å². The highest BCUT2D eigenvalue weighted by Crippen LogP contribution is 2.30. The van der Waals surface area contributed by atoms with E-state index in [1.54, 1.807) is 0 Å². The minimum Gasteiger partial charge on any atom is -0.419 e. The van der Waals surface area contributed by atoms with E-state index in [9.17, 15) is 0 Å². The third-order valence-corrected chi connectivity index (χ3v) is 3.60. The summed E-state index contributed by atoms with van der Waals surface area (Å²) in [6.45, 7) is 5.24. The maximum Gasteiger partial charge on any atom is 0.247 e. The van der Waals surface area contributed by atoms with E-state index in [-0.39, 0.29) is 0 Å². The first-order valence-corrected chi connectivity index (χ1v) is 7.45. The highest BCUT2D eigenvalue weighted by Gasteiger charge is 2.24. The Morgan fingerprint density at radius 1 is 1.20 bits per heavy atom. The summed E-state index contributed by atoms with van der Waals surface area (Å²) in [6, 6.07) is 9.93. The third-order valence-electron chi connectivity index (χ3n) is 3.60. The van der Waals surface area contributed by atoms with Crippen molar-refractivity contribution in [3.05, 3.63) is 36.2 Å². The van der Waals surface area contributed by atoms with E-state index >= 15 is 0 Å². The van der Waals surface area contributed by atoms with Crippen LogP contribution in [0.3, 0.4) is 0 Å². The van der Waals surface area contributed by atoms with Crippen LogP contribution in [0.25, 0.3) is 11.5 Å². The van der Waals surface area contributed by atoms with Crippen molar-refractivity contribution in [2.45, 2.75) is 32.7 Å². The topological polar surface area (TPSA) is 42.2 Å². The van der Waals surface area contributed by atoms with Crippen molar-refractivity contribution >= 4 is 0 Å². The molecule has 0 bridgehead atoms. The SMILES string of the molecule is CCCN(Cc1nnc(-c2ccccc2)o1)CC1CC1. The van der Waals surface area contributed by atoms with Crippen LogP contribution in [0.1, 0.15) is 32.1 Å². The lowest BCUT2D eigenvalue weighted by molar-refractivity contribution is 0.231. The molecule has 4 nitrogen and oxygen atoms in total. The Hall–Kier alpha value is -1.68. The molecular weight excluding hydrogens is 250 g/mol. The van der Waals surface area contributed by atoms with Gasteiger partial charge in [-0.25, -0.2) is 0 Å². The van der Waals surface area contributed by atoms with Crippen molar-refractivity contribution in [3.8, 4) is 11.5 Å². The molecule has 106 valence electrons. The quantitative estimate of drug-likeness (QED) is 0.774. The molecule has 0 atom stereocenters. The average Bonchev–Trinajstić information content (AvgIpc) is 3.16. The zero-order valence-electron chi connectivity index (χ0n) is 12.0. The number of hydrogen-bond donors (Lipinski definition) is 0. The largest absolute Gasteiger partial charge is 0.419 e. The molecule has 20 heavy (non-hydrogen) atoms. The van der Waals surface area contributed by atoms with E-state index < -0.39 is 0 Å². The molecule has 0 aliphatic heterocycles. The lowest BCUT2D eigenvalue weighted by Gasteiger charge is -2.19. The number of aromatic nitrogens is 2. The van der Waals surface area contributed by atoms with E-state index in [1.165, 1.54) is 12.8 Å². The van der Waals surface area contributed by atoms with Gasteiger partial charge in [0.05, 0.1) is 6.54 Å². The van der Waals surface area contributed by atoms with E-state index in [0.717, 1.165) is 43.4 Å². The van der Waals surface area contributed by atoms with Gasteiger partial charge < -0.3 is 4.42 Å². The van der Waals surface area contributed by atoms with Crippen LogP contribution >= 0.6 is 0 Å². The Morgan fingerprint density at radius 3 is 2.70 bits per heavy atom. The maximum atomic E-state index is 5.78. The van der Waals surface area contributed by atoms with Gasteiger partial charge in [-0.2, -0.15) is 0 Å². The van der Waals surface area contributed by atoms with Gasteiger partial charge in [0.2, 0.25) is 11.8 Å². The van der Waals surface area contributed by atoms with Gasteiger partial charge in [0, 0.05) is 12.1 Å². The minimum atomic E-state index is 0.614. The predicted octanol–water partition coefficient (Wildman–Crippen LogP) is 3.36. The zero-order valence-corrected chi connectivity index (χ0v) is 12.0. The molecule has 0 unspecified atom stereocenters. The number of hydrogen-bond acceptors (Lipinski definition) is 4. The molecule has 0 saturated heterocycles. The lowest BCUT2D eigenvalue weighted by atomic mass is 10.2. The van der Waals surface area contributed by atoms with Gasteiger partial charge in [-0.05, 0) is 43.9 Å². The summed E-state index contributed by atoms with van der Waals surface area (Å²) in [4.78, 5) is 2.43. The van der Waals surface area contributed by atoms with Gasteiger partial charge in [0.15, 0.2) is 0 Å². The second kappa shape index (κ2) is 6.18. The monoisotopic (exact) mass is 271 g/mol. The summed E-state index contributed by atoms with van der Waals surface area (Å²) >= 11 is 0. The van der Waals surface area contributed by atoms with Gasteiger partial charge in [0.25, 0.3) is 0 Å². The predicted molar refractivity (Wildman–Crippen MR) is 78.0 cm³/mol. The summed E-state index contributed by atoms with van der Waals surface area (Å²) in [6.07, 6.45) is 3.91. The van der Waals surface area contributed by atoms with Crippen LogP contribution in [-0.4, -0.2) is 28.2 Å². The van der Waals surface area contributed by atoms with Gasteiger partial charge in [-0.1, -0.05) is 25.1 Å². The molecule has 4 heteroatoms. The summed E-state index contributed by atoms with van der Waals surface area (Å²) < 4.78 is 5.78. The van der Waals surface area contributed by atoms with Gasteiger partial charge in [-0.15, -0.1) is 10.2 Å². The first-order valence-electron chi connectivity index (χ1n) is 7.45. The first-order chi connectivity index (χ1) is 9.85.